The second-order valence-corrected chi connectivity index (χ2v) is 7.38. The van der Waals surface area contributed by atoms with Crippen LogP contribution in [0.15, 0.2) is 36.4 Å². The number of aromatic nitrogens is 1. The van der Waals surface area contributed by atoms with E-state index >= 15 is 0 Å². The number of pyridine rings is 1. The molecular formula is C13H18N3O2P. The standard InChI is InChI=1S/C13H18N3O2P/c1-15(2)19(17,16(3)4)18-13-10-9-11-7-5-6-8-12(11)14-13/h5-10H,1-4H3. The van der Waals surface area contributed by atoms with Crippen LogP contribution in [0.5, 0.6) is 5.88 Å². The number of rotatable bonds is 4. The Morgan fingerprint density at radius 3 is 2.26 bits per heavy atom. The highest BCUT2D eigenvalue weighted by Gasteiger charge is 2.31. The second kappa shape index (κ2) is 5.29. The molecule has 2 rings (SSSR count). The van der Waals surface area contributed by atoms with Crippen LogP contribution in [-0.2, 0) is 4.57 Å². The fourth-order valence-corrected chi connectivity index (χ4v) is 3.13. The molecule has 0 N–H and O–H groups in total. The Kier molecular flexibility index (Phi) is 3.90. The molecule has 0 aliphatic rings. The Bertz CT molecular complexity index is 616. The highest BCUT2D eigenvalue weighted by molar-refractivity contribution is 7.54. The van der Waals surface area contributed by atoms with Crippen LogP contribution in [-0.4, -0.2) is 42.5 Å². The minimum absolute atomic E-state index is 0.365. The number of hydrogen-bond donors (Lipinski definition) is 0. The summed E-state index contributed by atoms with van der Waals surface area (Å²) in [5.41, 5.74) is 0.823. The molecule has 1 aromatic heterocycles. The van der Waals surface area contributed by atoms with E-state index in [1.54, 1.807) is 43.6 Å². The Hall–Kier alpha value is -1.42. The van der Waals surface area contributed by atoms with Gasteiger partial charge in [0.25, 0.3) is 0 Å². The molecule has 2 aromatic rings. The van der Waals surface area contributed by atoms with Crippen molar-refractivity contribution in [2.24, 2.45) is 0 Å². The van der Waals surface area contributed by atoms with Crippen LogP contribution < -0.4 is 4.52 Å². The van der Waals surface area contributed by atoms with E-state index in [1.807, 2.05) is 30.3 Å². The lowest BCUT2D eigenvalue weighted by molar-refractivity contribution is 0.349. The normalized spacial score (nSPS) is 12.3. The summed E-state index contributed by atoms with van der Waals surface area (Å²) in [5.74, 6) is 0.365. The van der Waals surface area contributed by atoms with Crippen molar-refractivity contribution in [3.63, 3.8) is 0 Å². The Balaban J connectivity index is 2.37. The zero-order valence-corrected chi connectivity index (χ0v) is 12.5. The van der Waals surface area contributed by atoms with E-state index in [-0.39, 0.29) is 0 Å². The third-order valence-corrected chi connectivity index (χ3v) is 5.24. The average Bonchev–Trinajstić information content (AvgIpc) is 2.38. The summed E-state index contributed by atoms with van der Waals surface area (Å²) in [4.78, 5) is 4.38. The van der Waals surface area contributed by atoms with Crippen LogP contribution in [0.3, 0.4) is 0 Å². The molecule has 5 nitrogen and oxygen atoms in total. The quantitative estimate of drug-likeness (QED) is 0.805. The summed E-state index contributed by atoms with van der Waals surface area (Å²) in [6.07, 6.45) is 0. The van der Waals surface area contributed by atoms with Gasteiger partial charge in [0, 0.05) is 11.5 Å². The molecule has 1 heterocycles. The van der Waals surface area contributed by atoms with E-state index in [4.69, 9.17) is 4.52 Å². The van der Waals surface area contributed by atoms with Gasteiger partial charge in [0.15, 0.2) is 0 Å². The van der Waals surface area contributed by atoms with Crippen molar-refractivity contribution in [3.8, 4) is 5.88 Å². The van der Waals surface area contributed by atoms with Crippen LogP contribution in [0, 0.1) is 0 Å². The largest absolute Gasteiger partial charge is 0.403 e. The van der Waals surface area contributed by atoms with Gasteiger partial charge in [-0.1, -0.05) is 18.2 Å². The first-order chi connectivity index (χ1) is 8.93. The zero-order chi connectivity index (χ0) is 14.0. The van der Waals surface area contributed by atoms with E-state index in [0.717, 1.165) is 10.9 Å². The SMILES string of the molecule is CN(C)P(=O)(Oc1ccc2ccccc2n1)N(C)C. The van der Waals surface area contributed by atoms with Crippen LogP contribution in [0.25, 0.3) is 10.9 Å². The number of nitrogens with zero attached hydrogens (tertiary/aromatic N) is 3. The van der Waals surface area contributed by atoms with Crippen LogP contribution >= 0.6 is 7.67 Å². The Morgan fingerprint density at radius 2 is 1.63 bits per heavy atom. The lowest BCUT2D eigenvalue weighted by Crippen LogP contribution is -2.24. The number of benzene rings is 1. The minimum Gasteiger partial charge on any atom is -0.403 e. The van der Waals surface area contributed by atoms with Gasteiger partial charge in [0.2, 0.25) is 5.88 Å². The Labute approximate surface area is 113 Å². The van der Waals surface area contributed by atoms with Gasteiger partial charge < -0.3 is 4.52 Å². The average molecular weight is 279 g/mol. The molecule has 6 heteroatoms. The summed E-state index contributed by atoms with van der Waals surface area (Å²) >= 11 is 0. The third kappa shape index (κ3) is 2.78. The van der Waals surface area contributed by atoms with E-state index in [1.165, 1.54) is 0 Å². The van der Waals surface area contributed by atoms with Crippen molar-refractivity contribution in [2.75, 3.05) is 28.2 Å². The smallest absolute Gasteiger partial charge is 0.395 e. The first kappa shape index (κ1) is 14.0. The monoisotopic (exact) mass is 279 g/mol. The number of fused-ring (bicyclic) bond motifs is 1. The van der Waals surface area contributed by atoms with Crippen LogP contribution in [0.2, 0.25) is 0 Å². The molecule has 0 amide bonds. The molecule has 0 spiro atoms. The molecule has 0 radical (unpaired) electrons. The molecular weight excluding hydrogens is 261 g/mol. The van der Waals surface area contributed by atoms with E-state index in [9.17, 15) is 4.57 Å². The molecule has 0 bridgehead atoms. The summed E-state index contributed by atoms with van der Waals surface area (Å²) in [5, 5.41) is 1.03. The van der Waals surface area contributed by atoms with Gasteiger partial charge in [-0.25, -0.2) is 18.9 Å². The third-order valence-electron chi connectivity index (χ3n) is 2.80. The fourth-order valence-electron chi connectivity index (χ4n) is 1.74. The lowest BCUT2D eigenvalue weighted by Gasteiger charge is -2.29. The maximum absolute atomic E-state index is 12.7. The van der Waals surface area contributed by atoms with Gasteiger partial charge >= 0.3 is 7.67 Å². The molecule has 102 valence electrons. The molecule has 0 saturated carbocycles. The first-order valence-corrected chi connectivity index (χ1v) is 7.47. The van der Waals surface area contributed by atoms with Crippen molar-refractivity contribution >= 4 is 18.6 Å². The van der Waals surface area contributed by atoms with Crippen molar-refractivity contribution in [1.29, 1.82) is 0 Å². The van der Waals surface area contributed by atoms with Gasteiger partial charge in [-0.2, -0.15) is 0 Å². The lowest BCUT2D eigenvalue weighted by atomic mass is 10.2. The van der Waals surface area contributed by atoms with E-state index in [0.29, 0.717) is 5.88 Å². The van der Waals surface area contributed by atoms with Crippen LogP contribution in [0.1, 0.15) is 0 Å². The van der Waals surface area contributed by atoms with Gasteiger partial charge in [-0.3, -0.25) is 0 Å². The zero-order valence-electron chi connectivity index (χ0n) is 11.6. The van der Waals surface area contributed by atoms with Crippen molar-refractivity contribution in [3.05, 3.63) is 36.4 Å². The molecule has 0 aliphatic carbocycles. The highest BCUT2D eigenvalue weighted by Crippen LogP contribution is 2.50. The van der Waals surface area contributed by atoms with Gasteiger partial charge in [-0.15, -0.1) is 0 Å². The molecule has 0 atom stereocenters. The summed E-state index contributed by atoms with van der Waals surface area (Å²) in [6.45, 7) is 0. The molecule has 0 saturated heterocycles. The van der Waals surface area contributed by atoms with E-state index < -0.39 is 7.67 Å². The van der Waals surface area contributed by atoms with Crippen molar-refractivity contribution in [1.82, 2.24) is 14.3 Å². The summed E-state index contributed by atoms with van der Waals surface area (Å²) in [7, 11) is 3.84. The molecule has 1 aromatic carbocycles. The van der Waals surface area contributed by atoms with Gasteiger partial charge in [0.05, 0.1) is 5.52 Å². The Morgan fingerprint density at radius 1 is 1.00 bits per heavy atom. The number of para-hydroxylation sites is 1. The van der Waals surface area contributed by atoms with Gasteiger partial charge in [0.1, 0.15) is 0 Å². The van der Waals surface area contributed by atoms with Crippen molar-refractivity contribution in [2.45, 2.75) is 0 Å². The first-order valence-electron chi connectivity index (χ1n) is 5.94. The highest BCUT2D eigenvalue weighted by atomic mass is 31.2. The molecule has 0 fully saturated rings. The fraction of sp³-hybridized carbons (Fsp3) is 0.308. The maximum atomic E-state index is 12.7. The summed E-state index contributed by atoms with van der Waals surface area (Å²) in [6, 6.07) is 11.4. The van der Waals surface area contributed by atoms with Gasteiger partial charge in [-0.05, 0) is 40.3 Å². The summed E-state index contributed by atoms with van der Waals surface area (Å²) < 4.78 is 21.5. The minimum atomic E-state index is -3.06. The molecule has 19 heavy (non-hydrogen) atoms. The van der Waals surface area contributed by atoms with E-state index in [2.05, 4.69) is 4.98 Å². The maximum Gasteiger partial charge on any atom is 0.395 e. The predicted molar refractivity (Wildman–Crippen MR) is 77.4 cm³/mol. The van der Waals surface area contributed by atoms with Crippen molar-refractivity contribution < 1.29 is 9.09 Å². The topological polar surface area (TPSA) is 45.7 Å². The number of hydrogen-bond acceptors (Lipinski definition) is 3. The predicted octanol–water partition coefficient (Wildman–Crippen LogP) is 2.84. The molecule has 0 unspecified atom stereocenters. The van der Waals surface area contributed by atoms with Crippen LogP contribution in [0.4, 0.5) is 0 Å². The molecule has 0 aliphatic heterocycles. The second-order valence-electron chi connectivity index (χ2n) is 4.62.